The molecule has 0 amide bonds. The van der Waals surface area contributed by atoms with Gasteiger partial charge in [0.15, 0.2) is 5.78 Å². The van der Waals surface area contributed by atoms with Crippen molar-refractivity contribution in [2.75, 3.05) is 6.54 Å². The first-order valence-corrected chi connectivity index (χ1v) is 8.73. The van der Waals surface area contributed by atoms with Crippen molar-refractivity contribution >= 4 is 16.6 Å². The van der Waals surface area contributed by atoms with Gasteiger partial charge in [-0.25, -0.2) is 0 Å². The zero-order valence-electron chi connectivity index (χ0n) is 14.8. The highest BCUT2D eigenvalue weighted by molar-refractivity contribution is 5.99. The van der Waals surface area contributed by atoms with Crippen LogP contribution in [0.25, 0.3) is 10.8 Å². The number of rotatable bonds is 7. The molecule has 0 radical (unpaired) electrons. The van der Waals surface area contributed by atoms with Gasteiger partial charge in [0.1, 0.15) is 12.1 Å². The molecule has 0 aliphatic rings. The second-order valence-electron chi connectivity index (χ2n) is 6.47. The second kappa shape index (κ2) is 9.48. The minimum absolute atomic E-state index is 0. The van der Waals surface area contributed by atoms with E-state index in [0.29, 0.717) is 13.0 Å². The molecule has 26 heavy (non-hydrogen) atoms. The molecule has 3 N–H and O–H groups in total. The first kappa shape index (κ1) is 20.1. The molecule has 0 saturated heterocycles. The Labute approximate surface area is 160 Å². The molecule has 3 aromatic carbocycles. The van der Waals surface area contributed by atoms with Crippen molar-refractivity contribution in [1.82, 2.24) is 0 Å². The molecule has 0 saturated carbocycles. The minimum Gasteiger partial charge on any atom is -1.00 e. The summed E-state index contributed by atoms with van der Waals surface area (Å²) in [5.41, 5.74) is 1.66. The lowest BCUT2D eigenvalue weighted by Gasteiger charge is -2.17. The molecule has 2 atom stereocenters. The third-order valence-electron chi connectivity index (χ3n) is 4.62. The van der Waals surface area contributed by atoms with E-state index in [1.165, 1.54) is 0 Å². The van der Waals surface area contributed by atoms with Crippen LogP contribution in [-0.2, 0) is 0 Å². The Kier molecular flexibility index (Phi) is 7.34. The summed E-state index contributed by atoms with van der Waals surface area (Å²) in [6.45, 7) is 2.65. The Hall–Kier alpha value is -2.20. The SMILES string of the molecule is CC([NH2+]CCC(=O)c1ccc2ccccc2c1)C(O)c1ccccc1.[Cl-]. The first-order chi connectivity index (χ1) is 12.1. The van der Waals surface area contributed by atoms with E-state index in [2.05, 4.69) is 0 Å². The fourth-order valence-corrected chi connectivity index (χ4v) is 3.07. The monoisotopic (exact) mass is 369 g/mol. The van der Waals surface area contributed by atoms with Crippen molar-refractivity contribution in [1.29, 1.82) is 0 Å². The summed E-state index contributed by atoms with van der Waals surface area (Å²) in [5.74, 6) is 0.142. The van der Waals surface area contributed by atoms with E-state index in [1.807, 2.05) is 85.0 Å². The number of fused-ring (bicyclic) bond motifs is 1. The summed E-state index contributed by atoms with van der Waals surface area (Å²) in [6.07, 6.45) is -0.0681. The molecule has 0 fully saturated rings. The van der Waals surface area contributed by atoms with Crippen molar-refractivity contribution in [3.05, 3.63) is 83.9 Å². The molecule has 2 unspecified atom stereocenters. The maximum Gasteiger partial charge on any atom is 0.168 e. The highest BCUT2D eigenvalue weighted by Crippen LogP contribution is 2.17. The number of benzene rings is 3. The maximum absolute atomic E-state index is 12.4. The van der Waals surface area contributed by atoms with Gasteiger partial charge >= 0.3 is 0 Å². The van der Waals surface area contributed by atoms with Crippen LogP contribution in [0.4, 0.5) is 0 Å². The molecule has 0 aromatic heterocycles. The number of nitrogens with two attached hydrogens (primary N) is 1. The smallest absolute Gasteiger partial charge is 0.168 e. The molecule has 136 valence electrons. The van der Waals surface area contributed by atoms with Crippen LogP contribution in [0.3, 0.4) is 0 Å². The van der Waals surface area contributed by atoms with Crippen LogP contribution in [0.2, 0.25) is 0 Å². The van der Waals surface area contributed by atoms with Gasteiger partial charge < -0.3 is 22.8 Å². The van der Waals surface area contributed by atoms with E-state index in [1.54, 1.807) is 0 Å². The minimum atomic E-state index is -0.531. The predicted octanol–water partition coefficient (Wildman–Crippen LogP) is 0.102. The number of aliphatic hydroxyl groups excluding tert-OH is 1. The average Bonchev–Trinajstić information content (AvgIpc) is 2.67. The molecule has 0 heterocycles. The number of hydrogen-bond donors (Lipinski definition) is 2. The second-order valence-corrected chi connectivity index (χ2v) is 6.47. The topological polar surface area (TPSA) is 53.9 Å². The van der Waals surface area contributed by atoms with Crippen LogP contribution in [0.5, 0.6) is 0 Å². The number of carbonyl (C=O) groups excluding carboxylic acids is 1. The van der Waals surface area contributed by atoms with E-state index in [4.69, 9.17) is 0 Å². The summed E-state index contributed by atoms with van der Waals surface area (Å²) in [6, 6.07) is 23.5. The molecule has 3 aromatic rings. The number of Topliss-reactive ketones (excluding diaryl/α,β-unsaturated/α-hetero) is 1. The van der Waals surface area contributed by atoms with Crippen LogP contribution < -0.4 is 17.7 Å². The molecule has 0 aliphatic carbocycles. The van der Waals surface area contributed by atoms with Crippen molar-refractivity contribution < 1.29 is 27.6 Å². The van der Waals surface area contributed by atoms with Gasteiger partial charge in [0.25, 0.3) is 0 Å². The quantitative estimate of drug-likeness (QED) is 0.580. The third-order valence-corrected chi connectivity index (χ3v) is 4.62. The van der Waals surface area contributed by atoms with E-state index >= 15 is 0 Å². The van der Waals surface area contributed by atoms with Gasteiger partial charge in [0.05, 0.1) is 13.0 Å². The zero-order chi connectivity index (χ0) is 17.6. The van der Waals surface area contributed by atoms with Crippen molar-refractivity contribution in [2.24, 2.45) is 0 Å². The van der Waals surface area contributed by atoms with Gasteiger partial charge in [-0.15, -0.1) is 0 Å². The lowest BCUT2D eigenvalue weighted by atomic mass is 10.0. The summed E-state index contributed by atoms with van der Waals surface area (Å²) in [4.78, 5) is 12.4. The Morgan fingerprint density at radius 2 is 1.62 bits per heavy atom. The van der Waals surface area contributed by atoms with Gasteiger partial charge in [-0.2, -0.15) is 0 Å². The summed E-state index contributed by atoms with van der Waals surface area (Å²) in [5, 5.41) is 14.6. The van der Waals surface area contributed by atoms with E-state index in [-0.39, 0.29) is 24.2 Å². The van der Waals surface area contributed by atoms with Crippen LogP contribution in [0.15, 0.2) is 72.8 Å². The van der Waals surface area contributed by atoms with Crippen LogP contribution in [0, 0.1) is 0 Å². The number of aliphatic hydroxyl groups is 1. The zero-order valence-corrected chi connectivity index (χ0v) is 15.6. The Bertz CT molecular complexity index is 851. The number of halogens is 1. The lowest BCUT2D eigenvalue weighted by Crippen LogP contribution is -3.00. The van der Waals surface area contributed by atoms with Crippen molar-refractivity contribution in [3.8, 4) is 0 Å². The molecular formula is C22H24ClNO2. The Balaban J connectivity index is 0.00000243. The molecule has 4 heteroatoms. The van der Waals surface area contributed by atoms with E-state index in [0.717, 1.165) is 21.9 Å². The van der Waals surface area contributed by atoms with Gasteiger partial charge in [-0.05, 0) is 29.3 Å². The molecule has 0 bridgehead atoms. The van der Waals surface area contributed by atoms with Crippen molar-refractivity contribution in [2.45, 2.75) is 25.5 Å². The van der Waals surface area contributed by atoms with Gasteiger partial charge in [0.2, 0.25) is 0 Å². The average molecular weight is 370 g/mol. The molecule has 0 spiro atoms. The van der Waals surface area contributed by atoms with E-state index in [9.17, 15) is 9.90 Å². The Morgan fingerprint density at radius 1 is 0.962 bits per heavy atom. The lowest BCUT2D eigenvalue weighted by molar-refractivity contribution is -0.693. The van der Waals surface area contributed by atoms with Gasteiger partial charge in [0, 0.05) is 5.56 Å². The van der Waals surface area contributed by atoms with Crippen LogP contribution in [-0.4, -0.2) is 23.5 Å². The standard InChI is InChI=1S/C22H23NO2.ClH/c1-16(22(25)18-8-3-2-4-9-18)23-14-13-21(24)20-12-11-17-7-5-6-10-19(17)15-20;/h2-12,15-16,22-23,25H,13-14H2,1H3;1H. The summed E-state index contributed by atoms with van der Waals surface area (Å²) < 4.78 is 0. The van der Waals surface area contributed by atoms with Crippen LogP contribution in [0.1, 0.15) is 35.4 Å². The van der Waals surface area contributed by atoms with Gasteiger partial charge in [-0.3, -0.25) is 4.79 Å². The van der Waals surface area contributed by atoms with Crippen molar-refractivity contribution in [3.63, 3.8) is 0 Å². The summed E-state index contributed by atoms with van der Waals surface area (Å²) in [7, 11) is 0. The largest absolute Gasteiger partial charge is 1.00 e. The maximum atomic E-state index is 12.4. The first-order valence-electron chi connectivity index (χ1n) is 8.73. The fraction of sp³-hybridized carbons (Fsp3) is 0.227. The molecule has 3 nitrogen and oxygen atoms in total. The number of ketones is 1. The predicted molar refractivity (Wildman–Crippen MR) is 101 cm³/mol. The highest BCUT2D eigenvalue weighted by atomic mass is 35.5. The number of carbonyl (C=O) groups is 1. The van der Waals surface area contributed by atoms with E-state index < -0.39 is 6.10 Å². The third kappa shape index (κ3) is 4.92. The molecule has 3 rings (SSSR count). The van der Waals surface area contributed by atoms with Gasteiger partial charge in [-0.1, -0.05) is 66.7 Å². The van der Waals surface area contributed by atoms with Crippen LogP contribution >= 0.6 is 0 Å². The molecular weight excluding hydrogens is 346 g/mol. The fourth-order valence-electron chi connectivity index (χ4n) is 3.07. The number of quaternary nitrogens is 1. The highest BCUT2D eigenvalue weighted by Gasteiger charge is 2.19. The summed E-state index contributed by atoms with van der Waals surface area (Å²) >= 11 is 0. The number of hydrogen-bond acceptors (Lipinski definition) is 2. The molecule has 0 aliphatic heterocycles. The Morgan fingerprint density at radius 3 is 2.35 bits per heavy atom. The normalized spacial score (nSPS) is 13.0.